The molecule has 26 heavy (non-hydrogen) atoms. The van der Waals surface area contributed by atoms with Crippen molar-refractivity contribution in [2.45, 2.75) is 46.1 Å². The van der Waals surface area contributed by atoms with Crippen molar-refractivity contribution in [2.24, 2.45) is 0 Å². The smallest absolute Gasteiger partial charge is 0.254 e. The van der Waals surface area contributed by atoms with E-state index in [0.29, 0.717) is 25.7 Å². The number of hydrogen-bond acceptors (Lipinski definition) is 3. The molecule has 0 saturated carbocycles. The molecular weight excluding hydrogens is 326 g/mol. The van der Waals surface area contributed by atoms with Crippen molar-refractivity contribution in [3.05, 3.63) is 34.9 Å². The molecule has 2 amide bonds. The Hall–Kier alpha value is -1.88. The number of carbonyl (C=O) groups excluding carboxylic acids is 2. The van der Waals surface area contributed by atoms with Gasteiger partial charge in [-0.15, -0.1) is 0 Å². The van der Waals surface area contributed by atoms with Gasteiger partial charge in [-0.2, -0.15) is 0 Å². The summed E-state index contributed by atoms with van der Waals surface area (Å²) in [5.74, 6) is 0.355. The predicted molar refractivity (Wildman–Crippen MR) is 103 cm³/mol. The second-order valence-corrected chi connectivity index (χ2v) is 7.82. The highest BCUT2D eigenvalue weighted by Gasteiger charge is 2.28. The van der Waals surface area contributed by atoms with E-state index in [1.807, 2.05) is 41.8 Å². The zero-order valence-corrected chi connectivity index (χ0v) is 16.3. The summed E-state index contributed by atoms with van der Waals surface area (Å²) < 4.78 is 0. The first kappa shape index (κ1) is 18.9. The summed E-state index contributed by atoms with van der Waals surface area (Å²) in [7, 11) is 0. The fraction of sp³-hybridized carbons (Fsp3) is 0.619. The minimum absolute atomic E-state index is 0.113. The number of piperazine rings is 1. The summed E-state index contributed by atoms with van der Waals surface area (Å²) in [5, 5.41) is 0. The highest BCUT2D eigenvalue weighted by molar-refractivity contribution is 5.96. The Balaban J connectivity index is 1.53. The van der Waals surface area contributed by atoms with Crippen LogP contribution in [0.1, 0.15) is 47.7 Å². The van der Waals surface area contributed by atoms with Gasteiger partial charge in [-0.05, 0) is 51.7 Å². The van der Waals surface area contributed by atoms with Crippen LogP contribution in [0.5, 0.6) is 0 Å². The lowest BCUT2D eigenvalue weighted by molar-refractivity contribution is -0.136. The Labute approximate surface area is 156 Å². The lowest BCUT2D eigenvalue weighted by Crippen LogP contribution is -2.53. The van der Waals surface area contributed by atoms with Crippen molar-refractivity contribution in [2.75, 3.05) is 39.3 Å². The summed E-state index contributed by atoms with van der Waals surface area (Å²) >= 11 is 0. The average Bonchev–Trinajstić information content (AvgIpc) is 2.64. The molecule has 0 N–H and O–H groups in total. The minimum atomic E-state index is 0.113. The second-order valence-electron chi connectivity index (χ2n) is 7.82. The molecule has 0 radical (unpaired) electrons. The maximum Gasteiger partial charge on any atom is 0.254 e. The number of benzene rings is 1. The third kappa shape index (κ3) is 4.26. The number of amides is 2. The Kier molecular flexibility index (Phi) is 5.97. The van der Waals surface area contributed by atoms with Crippen molar-refractivity contribution in [3.8, 4) is 0 Å². The predicted octanol–water partition coefficient (Wildman–Crippen LogP) is 2.46. The first-order chi connectivity index (χ1) is 12.5. The van der Waals surface area contributed by atoms with E-state index in [0.717, 1.165) is 49.2 Å². The number of carbonyl (C=O) groups is 2. The van der Waals surface area contributed by atoms with Gasteiger partial charge in [0.1, 0.15) is 0 Å². The van der Waals surface area contributed by atoms with Gasteiger partial charge < -0.3 is 9.80 Å². The van der Waals surface area contributed by atoms with E-state index in [2.05, 4.69) is 11.8 Å². The summed E-state index contributed by atoms with van der Waals surface area (Å²) in [6.07, 6.45) is 3.46. The topological polar surface area (TPSA) is 43.9 Å². The van der Waals surface area contributed by atoms with Crippen LogP contribution >= 0.6 is 0 Å². The van der Waals surface area contributed by atoms with E-state index >= 15 is 0 Å². The molecule has 5 heteroatoms. The van der Waals surface area contributed by atoms with Crippen LogP contribution in [0.4, 0.5) is 0 Å². The van der Waals surface area contributed by atoms with Crippen molar-refractivity contribution < 1.29 is 9.59 Å². The van der Waals surface area contributed by atoms with Gasteiger partial charge in [-0.3, -0.25) is 14.5 Å². The molecule has 1 aromatic carbocycles. The number of rotatable bonds is 3. The lowest BCUT2D eigenvalue weighted by atomic mass is 10.0. The molecule has 1 unspecified atom stereocenters. The van der Waals surface area contributed by atoms with Crippen molar-refractivity contribution in [1.29, 1.82) is 0 Å². The first-order valence-electron chi connectivity index (χ1n) is 9.84. The van der Waals surface area contributed by atoms with E-state index in [9.17, 15) is 9.59 Å². The quantitative estimate of drug-likeness (QED) is 0.835. The van der Waals surface area contributed by atoms with Crippen LogP contribution in [-0.2, 0) is 4.79 Å². The van der Waals surface area contributed by atoms with Crippen molar-refractivity contribution in [1.82, 2.24) is 14.7 Å². The molecule has 5 nitrogen and oxygen atoms in total. The van der Waals surface area contributed by atoms with Crippen LogP contribution in [-0.4, -0.2) is 71.8 Å². The average molecular weight is 357 g/mol. The molecule has 0 bridgehead atoms. The SMILES string of the molecule is Cc1ccc(C)c(C(=O)N2CCN(CC(=O)N3CCCCC3C)CC2)c1. The fourth-order valence-electron chi connectivity index (χ4n) is 4.00. The van der Waals surface area contributed by atoms with E-state index in [-0.39, 0.29) is 11.8 Å². The maximum atomic E-state index is 12.8. The minimum Gasteiger partial charge on any atom is -0.339 e. The van der Waals surface area contributed by atoms with Crippen LogP contribution in [0.15, 0.2) is 18.2 Å². The van der Waals surface area contributed by atoms with Crippen LogP contribution in [0, 0.1) is 13.8 Å². The van der Waals surface area contributed by atoms with E-state index in [1.54, 1.807) is 0 Å². The van der Waals surface area contributed by atoms with Gasteiger partial charge >= 0.3 is 0 Å². The highest BCUT2D eigenvalue weighted by atomic mass is 16.2. The first-order valence-corrected chi connectivity index (χ1v) is 9.84. The molecule has 1 atom stereocenters. The molecule has 2 aliphatic heterocycles. The number of hydrogen-bond donors (Lipinski definition) is 0. The van der Waals surface area contributed by atoms with Gasteiger partial charge in [0, 0.05) is 44.3 Å². The van der Waals surface area contributed by atoms with E-state index < -0.39 is 0 Å². The second kappa shape index (κ2) is 8.21. The van der Waals surface area contributed by atoms with Crippen LogP contribution in [0.2, 0.25) is 0 Å². The van der Waals surface area contributed by atoms with Gasteiger partial charge in [0.2, 0.25) is 5.91 Å². The third-order valence-electron chi connectivity index (χ3n) is 5.77. The fourth-order valence-corrected chi connectivity index (χ4v) is 4.00. The molecular formula is C21H31N3O2. The van der Waals surface area contributed by atoms with Gasteiger partial charge in [0.05, 0.1) is 6.54 Å². The molecule has 3 rings (SSSR count). The van der Waals surface area contributed by atoms with Crippen molar-refractivity contribution >= 4 is 11.8 Å². The Morgan fingerprint density at radius 1 is 1.04 bits per heavy atom. The zero-order chi connectivity index (χ0) is 18.7. The summed E-state index contributed by atoms with van der Waals surface area (Å²) in [4.78, 5) is 31.6. The zero-order valence-electron chi connectivity index (χ0n) is 16.3. The monoisotopic (exact) mass is 357 g/mol. The molecule has 0 aromatic heterocycles. The molecule has 2 aliphatic rings. The highest BCUT2D eigenvalue weighted by Crippen LogP contribution is 2.18. The number of piperidine rings is 1. The Morgan fingerprint density at radius 2 is 1.77 bits per heavy atom. The molecule has 2 heterocycles. The molecule has 0 spiro atoms. The summed E-state index contributed by atoms with van der Waals surface area (Å²) in [6.45, 7) is 10.4. The van der Waals surface area contributed by atoms with Crippen LogP contribution in [0.3, 0.4) is 0 Å². The maximum absolute atomic E-state index is 12.8. The van der Waals surface area contributed by atoms with Crippen LogP contribution < -0.4 is 0 Å². The summed E-state index contributed by atoms with van der Waals surface area (Å²) in [5.41, 5.74) is 2.94. The van der Waals surface area contributed by atoms with Gasteiger partial charge in [0.15, 0.2) is 0 Å². The van der Waals surface area contributed by atoms with E-state index in [1.165, 1.54) is 6.42 Å². The van der Waals surface area contributed by atoms with Gasteiger partial charge in [0.25, 0.3) is 5.91 Å². The Bertz CT molecular complexity index is 665. The van der Waals surface area contributed by atoms with Crippen LogP contribution in [0.25, 0.3) is 0 Å². The summed E-state index contributed by atoms with van der Waals surface area (Å²) in [6, 6.07) is 6.39. The molecule has 0 aliphatic carbocycles. The van der Waals surface area contributed by atoms with Crippen molar-refractivity contribution in [3.63, 3.8) is 0 Å². The molecule has 2 fully saturated rings. The molecule has 1 aromatic rings. The molecule has 2 saturated heterocycles. The lowest BCUT2D eigenvalue weighted by Gasteiger charge is -2.38. The third-order valence-corrected chi connectivity index (χ3v) is 5.77. The largest absolute Gasteiger partial charge is 0.339 e. The van der Waals surface area contributed by atoms with Gasteiger partial charge in [-0.25, -0.2) is 0 Å². The Morgan fingerprint density at radius 3 is 2.46 bits per heavy atom. The number of aryl methyl sites for hydroxylation is 2. The normalized spacial score (nSPS) is 21.7. The van der Waals surface area contributed by atoms with Gasteiger partial charge in [-0.1, -0.05) is 17.7 Å². The van der Waals surface area contributed by atoms with E-state index in [4.69, 9.17) is 0 Å². The molecule has 142 valence electrons. The number of likely N-dealkylation sites (tertiary alicyclic amines) is 1. The standard InChI is InChI=1S/C21H31N3O2/c1-16-7-8-17(2)19(14-16)21(26)23-12-10-22(11-13-23)15-20(25)24-9-5-4-6-18(24)3/h7-8,14,18H,4-6,9-13,15H2,1-3H3. The number of nitrogens with zero attached hydrogens (tertiary/aromatic N) is 3.